The van der Waals surface area contributed by atoms with E-state index in [1.807, 2.05) is 0 Å². The van der Waals surface area contributed by atoms with Gasteiger partial charge in [0, 0.05) is 18.9 Å². The molecule has 2 bridgehead atoms. The fourth-order valence-corrected chi connectivity index (χ4v) is 4.20. The Kier molecular flexibility index (Phi) is 2.60. The Morgan fingerprint density at radius 3 is 3.05 bits per heavy atom. The van der Waals surface area contributed by atoms with Gasteiger partial charge in [-0.3, -0.25) is 4.79 Å². The summed E-state index contributed by atoms with van der Waals surface area (Å²) in [5.74, 6) is 3.96. The predicted molar refractivity (Wildman–Crippen MR) is 69.1 cm³/mol. The number of hydrogen-bond donors (Lipinski definition) is 1. The molecular weight excluding hydrogens is 240 g/mol. The fraction of sp³-hybridized carbons (Fsp3) is 0.786. The maximum Gasteiger partial charge on any atom is 0.223 e. The van der Waals surface area contributed by atoms with Crippen molar-refractivity contribution in [2.75, 3.05) is 0 Å². The van der Waals surface area contributed by atoms with Gasteiger partial charge in [0.1, 0.15) is 5.82 Å². The molecule has 2 saturated carbocycles. The topological polar surface area (TPSA) is 59.8 Å². The van der Waals surface area contributed by atoms with Crippen LogP contribution >= 0.6 is 0 Å². The number of aromatic nitrogens is 3. The first kappa shape index (κ1) is 11.4. The average molecular weight is 260 g/mol. The van der Waals surface area contributed by atoms with Crippen LogP contribution in [0, 0.1) is 17.8 Å². The van der Waals surface area contributed by atoms with Crippen molar-refractivity contribution < 1.29 is 4.79 Å². The van der Waals surface area contributed by atoms with Gasteiger partial charge in [0.15, 0.2) is 5.82 Å². The smallest absolute Gasteiger partial charge is 0.223 e. The van der Waals surface area contributed by atoms with E-state index in [4.69, 9.17) is 0 Å². The number of nitrogens with one attached hydrogen (secondary N) is 1. The van der Waals surface area contributed by atoms with Gasteiger partial charge in [-0.1, -0.05) is 6.42 Å². The Morgan fingerprint density at radius 1 is 1.32 bits per heavy atom. The standard InChI is InChI=1S/C14H20N4O/c19-14(11-7-9-3-4-10(11)6-9)15-8-13-17-16-12-2-1-5-18(12)13/h9-11H,1-8H2,(H,15,19). The van der Waals surface area contributed by atoms with E-state index in [2.05, 4.69) is 20.1 Å². The fourth-order valence-electron chi connectivity index (χ4n) is 4.20. The summed E-state index contributed by atoms with van der Waals surface area (Å²) in [5, 5.41) is 11.4. The Hall–Kier alpha value is -1.39. The van der Waals surface area contributed by atoms with Crippen LogP contribution in [0.15, 0.2) is 0 Å². The first-order chi connectivity index (χ1) is 9.31. The van der Waals surface area contributed by atoms with Gasteiger partial charge in [-0.05, 0) is 37.5 Å². The zero-order chi connectivity index (χ0) is 12.8. The molecule has 5 heteroatoms. The molecule has 0 radical (unpaired) electrons. The third-order valence-electron chi connectivity index (χ3n) is 5.18. The minimum atomic E-state index is 0.238. The van der Waals surface area contributed by atoms with E-state index in [9.17, 15) is 4.79 Å². The van der Waals surface area contributed by atoms with Crippen molar-refractivity contribution in [1.29, 1.82) is 0 Å². The molecule has 5 nitrogen and oxygen atoms in total. The number of amides is 1. The lowest BCUT2D eigenvalue weighted by Crippen LogP contribution is -2.34. The van der Waals surface area contributed by atoms with Crippen molar-refractivity contribution in [2.24, 2.45) is 17.8 Å². The summed E-state index contributed by atoms with van der Waals surface area (Å²) in [4.78, 5) is 12.3. The van der Waals surface area contributed by atoms with Crippen LogP contribution in [0.2, 0.25) is 0 Å². The molecular formula is C14H20N4O. The first-order valence-electron chi connectivity index (χ1n) is 7.50. The summed E-state index contributed by atoms with van der Waals surface area (Å²) in [5.41, 5.74) is 0. The summed E-state index contributed by atoms with van der Waals surface area (Å²) in [6.07, 6.45) is 7.15. The Morgan fingerprint density at radius 2 is 2.26 bits per heavy atom. The van der Waals surface area contributed by atoms with Gasteiger partial charge in [-0.2, -0.15) is 0 Å². The van der Waals surface area contributed by atoms with Gasteiger partial charge in [-0.25, -0.2) is 0 Å². The van der Waals surface area contributed by atoms with Crippen molar-refractivity contribution >= 4 is 5.91 Å². The third-order valence-corrected chi connectivity index (χ3v) is 5.18. The van der Waals surface area contributed by atoms with Crippen LogP contribution < -0.4 is 5.32 Å². The second kappa shape index (κ2) is 4.32. The summed E-state index contributed by atoms with van der Waals surface area (Å²) in [7, 11) is 0. The highest BCUT2D eigenvalue weighted by atomic mass is 16.1. The van der Waals surface area contributed by atoms with Gasteiger partial charge in [0.05, 0.1) is 6.54 Å². The maximum absolute atomic E-state index is 12.3. The number of hydrogen-bond acceptors (Lipinski definition) is 3. The minimum absolute atomic E-state index is 0.238. The van der Waals surface area contributed by atoms with Crippen LogP contribution in [0.5, 0.6) is 0 Å². The van der Waals surface area contributed by atoms with E-state index >= 15 is 0 Å². The monoisotopic (exact) mass is 260 g/mol. The van der Waals surface area contributed by atoms with Crippen LogP contribution in [0.4, 0.5) is 0 Å². The van der Waals surface area contributed by atoms with Crippen molar-refractivity contribution in [3.63, 3.8) is 0 Å². The summed E-state index contributed by atoms with van der Waals surface area (Å²) < 4.78 is 2.15. The molecule has 2 aliphatic carbocycles. The molecule has 3 aliphatic rings. The highest BCUT2D eigenvalue weighted by Crippen LogP contribution is 2.48. The van der Waals surface area contributed by atoms with Crippen molar-refractivity contribution in [2.45, 2.75) is 51.6 Å². The van der Waals surface area contributed by atoms with E-state index in [1.165, 1.54) is 19.3 Å². The largest absolute Gasteiger partial charge is 0.349 e. The summed E-state index contributed by atoms with van der Waals surface area (Å²) in [6.45, 7) is 1.54. The molecule has 1 aliphatic heterocycles. The molecule has 1 aromatic heterocycles. The number of carbonyl (C=O) groups excluding carboxylic acids is 1. The number of carbonyl (C=O) groups is 1. The molecule has 1 aromatic rings. The second-order valence-corrected chi connectivity index (χ2v) is 6.29. The molecule has 0 spiro atoms. The van der Waals surface area contributed by atoms with Crippen LogP contribution in [0.25, 0.3) is 0 Å². The van der Waals surface area contributed by atoms with E-state index in [0.717, 1.165) is 43.4 Å². The van der Waals surface area contributed by atoms with Crippen molar-refractivity contribution in [3.8, 4) is 0 Å². The van der Waals surface area contributed by atoms with Crippen LogP contribution in [-0.4, -0.2) is 20.7 Å². The SMILES string of the molecule is O=C(NCc1nnc2n1CCC2)C1CC2CCC1C2. The summed E-state index contributed by atoms with van der Waals surface area (Å²) in [6, 6.07) is 0. The lowest BCUT2D eigenvalue weighted by Gasteiger charge is -2.20. The molecule has 4 rings (SSSR count). The highest BCUT2D eigenvalue weighted by Gasteiger charge is 2.42. The predicted octanol–water partition coefficient (Wildman–Crippen LogP) is 1.28. The summed E-state index contributed by atoms with van der Waals surface area (Å²) >= 11 is 0. The van der Waals surface area contributed by atoms with Gasteiger partial charge in [0.2, 0.25) is 5.91 Å². The Balaban J connectivity index is 1.38. The molecule has 2 heterocycles. The molecule has 102 valence electrons. The third kappa shape index (κ3) is 1.86. The molecule has 1 amide bonds. The molecule has 0 saturated heterocycles. The first-order valence-corrected chi connectivity index (χ1v) is 7.50. The Labute approximate surface area is 112 Å². The van der Waals surface area contributed by atoms with E-state index in [0.29, 0.717) is 12.5 Å². The van der Waals surface area contributed by atoms with Gasteiger partial charge < -0.3 is 9.88 Å². The molecule has 3 unspecified atom stereocenters. The van der Waals surface area contributed by atoms with Crippen molar-refractivity contribution in [1.82, 2.24) is 20.1 Å². The molecule has 19 heavy (non-hydrogen) atoms. The molecule has 0 aromatic carbocycles. The number of rotatable bonds is 3. The zero-order valence-electron chi connectivity index (χ0n) is 11.1. The lowest BCUT2D eigenvalue weighted by atomic mass is 9.88. The van der Waals surface area contributed by atoms with Crippen LogP contribution in [0.1, 0.15) is 43.8 Å². The lowest BCUT2D eigenvalue weighted by molar-refractivity contribution is -0.126. The maximum atomic E-state index is 12.3. The van der Waals surface area contributed by atoms with E-state index in [1.54, 1.807) is 0 Å². The number of nitrogens with zero attached hydrogens (tertiary/aromatic N) is 3. The van der Waals surface area contributed by atoms with Gasteiger partial charge >= 0.3 is 0 Å². The highest BCUT2D eigenvalue weighted by molar-refractivity contribution is 5.79. The van der Waals surface area contributed by atoms with Crippen molar-refractivity contribution in [3.05, 3.63) is 11.6 Å². The Bertz CT molecular complexity index is 510. The molecule has 3 atom stereocenters. The quantitative estimate of drug-likeness (QED) is 0.890. The minimum Gasteiger partial charge on any atom is -0.349 e. The van der Waals surface area contributed by atoms with Gasteiger partial charge in [-0.15, -0.1) is 10.2 Å². The number of fused-ring (bicyclic) bond motifs is 3. The number of aryl methyl sites for hydroxylation is 1. The van der Waals surface area contributed by atoms with Crippen LogP contribution in [0.3, 0.4) is 0 Å². The second-order valence-electron chi connectivity index (χ2n) is 6.29. The molecule has 1 N–H and O–H groups in total. The van der Waals surface area contributed by atoms with E-state index in [-0.39, 0.29) is 11.8 Å². The van der Waals surface area contributed by atoms with Crippen LogP contribution in [-0.2, 0) is 24.3 Å². The zero-order valence-corrected chi connectivity index (χ0v) is 11.1. The van der Waals surface area contributed by atoms with Gasteiger partial charge in [0.25, 0.3) is 0 Å². The normalized spacial score (nSPS) is 31.7. The average Bonchev–Trinajstić information content (AvgIpc) is 3.15. The van der Waals surface area contributed by atoms with E-state index < -0.39 is 0 Å². The molecule has 2 fully saturated rings.